The van der Waals surface area contributed by atoms with Gasteiger partial charge in [0.2, 0.25) is 5.91 Å². The van der Waals surface area contributed by atoms with Crippen LogP contribution in [-0.2, 0) is 28.7 Å². The van der Waals surface area contributed by atoms with Crippen molar-refractivity contribution in [2.75, 3.05) is 27.3 Å². The maximum Gasteiger partial charge on any atom is 0.325 e. The number of carboxylic acid groups (broad SMARTS) is 1. The molecule has 0 unspecified atom stereocenters. The van der Waals surface area contributed by atoms with E-state index in [1.807, 2.05) is 0 Å². The molecular formula is C13H19NO7. The lowest BCUT2D eigenvalue weighted by Gasteiger charge is -2.20. The number of rotatable bonds is 6. The van der Waals surface area contributed by atoms with E-state index in [-0.39, 0.29) is 0 Å². The molecule has 0 aromatic rings. The lowest BCUT2D eigenvalue weighted by Crippen LogP contribution is -2.42. The van der Waals surface area contributed by atoms with Gasteiger partial charge in [0.1, 0.15) is 13.1 Å². The van der Waals surface area contributed by atoms with E-state index in [0.29, 0.717) is 0 Å². The van der Waals surface area contributed by atoms with Crippen molar-refractivity contribution >= 4 is 23.8 Å². The minimum absolute atomic E-state index is 0.427. The van der Waals surface area contributed by atoms with Gasteiger partial charge in [-0.1, -0.05) is 13.8 Å². The summed E-state index contributed by atoms with van der Waals surface area (Å²) in [4.78, 5) is 47.1. The van der Waals surface area contributed by atoms with Crippen molar-refractivity contribution in [1.29, 1.82) is 0 Å². The molecule has 1 amide bonds. The summed E-state index contributed by atoms with van der Waals surface area (Å²) in [6.45, 7) is 2.46. The molecule has 0 radical (unpaired) electrons. The minimum atomic E-state index is -1.07. The van der Waals surface area contributed by atoms with E-state index in [2.05, 4.69) is 9.47 Å². The molecule has 1 N–H and O–H groups in total. The Morgan fingerprint density at radius 3 is 1.71 bits per heavy atom. The second-order valence-corrected chi connectivity index (χ2v) is 5.46. The molecule has 2 atom stereocenters. The number of carbonyl (C=O) groups is 4. The Kier molecular flexibility index (Phi) is 4.93. The van der Waals surface area contributed by atoms with Crippen LogP contribution in [0, 0.1) is 17.3 Å². The van der Waals surface area contributed by atoms with Gasteiger partial charge in [-0.05, 0) is 5.41 Å². The first kappa shape index (κ1) is 16.9. The van der Waals surface area contributed by atoms with E-state index < -0.39 is 54.2 Å². The van der Waals surface area contributed by atoms with Crippen LogP contribution in [-0.4, -0.2) is 61.1 Å². The largest absolute Gasteiger partial charge is 0.481 e. The molecule has 0 aliphatic heterocycles. The quantitative estimate of drug-likeness (QED) is 0.659. The van der Waals surface area contributed by atoms with Gasteiger partial charge in [0.15, 0.2) is 0 Å². The van der Waals surface area contributed by atoms with Crippen LogP contribution in [0.2, 0.25) is 0 Å². The van der Waals surface area contributed by atoms with Crippen LogP contribution < -0.4 is 0 Å². The average Bonchev–Trinajstić information content (AvgIpc) is 2.99. The van der Waals surface area contributed by atoms with Crippen LogP contribution in [0.4, 0.5) is 0 Å². The average molecular weight is 301 g/mol. The second-order valence-electron chi connectivity index (χ2n) is 5.46. The Hall–Kier alpha value is -2.12. The highest BCUT2D eigenvalue weighted by Gasteiger charge is 2.66. The zero-order valence-corrected chi connectivity index (χ0v) is 12.4. The summed E-state index contributed by atoms with van der Waals surface area (Å²) in [5.41, 5.74) is -0.715. The van der Waals surface area contributed by atoms with Crippen molar-refractivity contribution in [2.45, 2.75) is 13.8 Å². The number of carboxylic acids is 1. The second kappa shape index (κ2) is 6.11. The monoisotopic (exact) mass is 301 g/mol. The number of amides is 1. The fourth-order valence-corrected chi connectivity index (χ4v) is 2.41. The molecule has 1 rings (SSSR count). The molecule has 1 saturated carbocycles. The molecular weight excluding hydrogens is 282 g/mol. The predicted molar refractivity (Wildman–Crippen MR) is 69.0 cm³/mol. The third-order valence-electron chi connectivity index (χ3n) is 3.77. The molecule has 0 saturated heterocycles. The zero-order chi connectivity index (χ0) is 16.4. The molecule has 0 spiro atoms. The molecule has 1 fully saturated rings. The van der Waals surface area contributed by atoms with Crippen LogP contribution in [0.5, 0.6) is 0 Å². The highest BCUT2D eigenvalue weighted by Crippen LogP contribution is 2.59. The molecule has 0 bridgehead atoms. The van der Waals surface area contributed by atoms with Gasteiger partial charge in [0.25, 0.3) is 0 Å². The predicted octanol–water partition coefficient (Wildman–Crippen LogP) is -0.482. The Morgan fingerprint density at radius 1 is 1.00 bits per heavy atom. The lowest BCUT2D eigenvalue weighted by atomic mass is 10.1. The van der Waals surface area contributed by atoms with Crippen molar-refractivity contribution in [3.63, 3.8) is 0 Å². The number of esters is 2. The number of carbonyl (C=O) groups excluding carboxylic acids is 3. The van der Waals surface area contributed by atoms with Crippen LogP contribution in [0.25, 0.3) is 0 Å². The van der Waals surface area contributed by atoms with E-state index in [0.717, 1.165) is 19.1 Å². The van der Waals surface area contributed by atoms with Gasteiger partial charge < -0.3 is 19.5 Å². The maximum atomic E-state index is 12.4. The van der Waals surface area contributed by atoms with Gasteiger partial charge in [0.05, 0.1) is 26.1 Å². The number of methoxy groups -OCH3 is 2. The van der Waals surface area contributed by atoms with Crippen molar-refractivity contribution in [3.05, 3.63) is 0 Å². The van der Waals surface area contributed by atoms with Gasteiger partial charge in [-0.2, -0.15) is 0 Å². The summed E-state index contributed by atoms with van der Waals surface area (Å²) in [7, 11) is 2.31. The first-order chi connectivity index (χ1) is 9.66. The minimum Gasteiger partial charge on any atom is -0.481 e. The molecule has 1 aliphatic rings. The first-order valence-electron chi connectivity index (χ1n) is 6.32. The Morgan fingerprint density at radius 2 is 1.43 bits per heavy atom. The van der Waals surface area contributed by atoms with Crippen LogP contribution in [0.3, 0.4) is 0 Å². The third-order valence-corrected chi connectivity index (χ3v) is 3.77. The molecule has 1 aliphatic carbocycles. The summed E-state index contributed by atoms with van der Waals surface area (Å²) in [5, 5.41) is 9.09. The molecule has 118 valence electrons. The zero-order valence-electron chi connectivity index (χ0n) is 12.4. The van der Waals surface area contributed by atoms with Gasteiger partial charge in [0, 0.05) is 0 Å². The topological polar surface area (TPSA) is 110 Å². The fourth-order valence-electron chi connectivity index (χ4n) is 2.41. The third kappa shape index (κ3) is 3.50. The molecule has 0 aromatic heterocycles. The summed E-state index contributed by atoms with van der Waals surface area (Å²) in [6.07, 6.45) is 0. The maximum absolute atomic E-state index is 12.4. The Bertz CT molecular complexity index is 453. The Balaban J connectivity index is 2.88. The van der Waals surface area contributed by atoms with Crippen molar-refractivity contribution in [3.8, 4) is 0 Å². The number of ether oxygens (including phenoxy) is 2. The van der Waals surface area contributed by atoms with E-state index in [1.54, 1.807) is 13.8 Å². The van der Waals surface area contributed by atoms with Crippen molar-refractivity contribution in [1.82, 2.24) is 4.90 Å². The molecule has 0 heterocycles. The van der Waals surface area contributed by atoms with E-state index in [4.69, 9.17) is 5.11 Å². The summed E-state index contributed by atoms with van der Waals surface area (Å²) >= 11 is 0. The highest BCUT2D eigenvalue weighted by molar-refractivity contribution is 5.94. The smallest absolute Gasteiger partial charge is 0.325 e. The number of hydrogen-bond acceptors (Lipinski definition) is 6. The van der Waals surface area contributed by atoms with Gasteiger partial charge in [-0.15, -0.1) is 0 Å². The highest BCUT2D eigenvalue weighted by atomic mass is 16.5. The lowest BCUT2D eigenvalue weighted by molar-refractivity contribution is -0.153. The van der Waals surface area contributed by atoms with E-state index in [1.165, 1.54) is 0 Å². The normalized spacial score (nSPS) is 22.1. The standard InChI is InChI=1S/C13H19NO7/c1-13(2)9(10(13)12(18)19)11(17)14(5-7(15)20-3)6-8(16)21-4/h9-10H,5-6H2,1-4H3,(H,18,19)/t9-,10+/m1/s1. The van der Waals surface area contributed by atoms with E-state index in [9.17, 15) is 19.2 Å². The summed E-state index contributed by atoms with van der Waals surface area (Å²) in [6, 6.07) is 0. The van der Waals surface area contributed by atoms with E-state index >= 15 is 0 Å². The fraction of sp³-hybridized carbons (Fsp3) is 0.692. The van der Waals surface area contributed by atoms with Crippen molar-refractivity contribution < 1.29 is 33.8 Å². The van der Waals surface area contributed by atoms with Gasteiger partial charge >= 0.3 is 17.9 Å². The molecule has 21 heavy (non-hydrogen) atoms. The SMILES string of the molecule is COC(=O)CN(CC(=O)OC)C(=O)[C@H]1[C@@H](C(=O)O)C1(C)C. The van der Waals surface area contributed by atoms with Gasteiger partial charge in [-0.25, -0.2) is 0 Å². The molecule has 0 aromatic carbocycles. The summed E-state index contributed by atoms with van der Waals surface area (Å²) in [5.74, 6) is -4.64. The van der Waals surface area contributed by atoms with Crippen molar-refractivity contribution in [2.24, 2.45) is 17.3 Å². The first-order valence-corrected chi connectivity index (χ1v) is 6.32. The van der Waals surface area contributed by atoms with Gasteiger partial charge in [-0.3, -0.25) is 19.2 Å². The van der Waals surface area contributed by atoms with Crippen LogP contribution >= 0.6 is 0 Å². The van der Waals surface area contributed by atoms with Crippen LogP contribution in [0.1, 0.15) is 13.8 Å². The van der Waals surface area contributed by atoms with Crippen LogP contribution in [0.15, 0.2) is 0 Å². The Labute approximate surface area is 122 Å². The molecule has 8 heteroatoms. The summed E-state index contributed by atoms with van der Waals surface area (Å²) < 4.78 is 8.94. The number of hydrogen-bond donors (Lipinski definition) is 1. The number of aliphatic carboxylic acids is 1. The number of nitrogens with zero attached hydrogens (tertiary/aromatic N) is 1. The molecule has 8 nitrogen and oxygen atoms in total.